The number of aryl methyl sites for hydroxylation is 2. The molecule has 2 N–H and O–H groups in total. The van der Waals surface area contributed by atoms with Crippen LogP contribution >= 0.6 is 0 Å². The molecule has 0 saturated carbocycles. The first-order valence-electron chi connectivity index (χ1n) is 9.02. The van der Waals surface area contributed by atoms with Gasteiger partial charge < -0.3 is 15.0 Å². The highest BCUT2D eigenvalue weighted by molar-refractivity contribution is 5.95. The predicted octanol–water partition coefficient (Wildman–Crippen LogP) is 4.65. The van der Waals surface area contributed by atoms with Crippen LogP contribution in [0.3, 0.4) is 0 Å². The lowest BCUT2D eigenvalue weighted by Gasteiger charge is -2.07. The van der Waals surface area contributed by atoms with E-state index in [0.29, 0.717) is 5.56 Å². The first-order chi connectivity index (χ1) is 14.5. The van der Waals surface area contributed by atoms with Gasteiger partial charge in [-0.1, -0.05) is 18.2 Å². The minimum atomic E-state index is -4.52. The van der Waals surface area contributed by atoms with Crippen LogP contribution in [0.1, 0.15) is 27.3 Å². The van der Waals surface area contributed by atoms with Crippen LogP contribution in [0.15, 0.2) is 42.5 Å². The van der Waals surface area contributed by atoms with Gasteiger partial charge in [-0.25, -0.2) is 14.2 Å². The highest BCUT2D eigenvalue weighted by atomic mass is 19.4. The number of aromatic nitrogens is 2. The molecule has 1 aromatic heterocycles. The zero-order chi connectivity index (χ0) is 22.8. The van der Waals surface area contributed by atoms with E-state index in [1.54, 1.807) is 6.92 Å². The third-order valence-electron chi connectivity index (χ3n) is 4.33. The van der Waals surface area contributed by atoms with E-state index in [0.717, 1.165) is 18.2 Å². The molecule has 0 radical (unpaired) electrons. The Morgan fingerprint density at radius 3 is 2.55 bits per heavy atom. The number of ether oxygens (including phenoxy) is 1. The first kappa shape index (κ1) is 22.0. The number of amides is 1. The monoisotopic (exact) mass is 435 g/mol. The molecule has 3 aromatic rings. The summed E-state index contributed by atoms with van der Waals surface area (Å²) >= 11 is 0. The van der Waals surface area contributed by atoms with Crippen LogP contribution in [0.4, 0.5) is 23.2 Å². The Hall–Kier alpha value is -3.69. The minimum absolute atomic E-state index is 0.0510. The van der Waals surface area contributed by atoms with Crippen molar-refractivity contribution in [1.29, 1.82) is 0 Å². The molecule has 6 nitrogen and oxygen atoms in total. The molecule has 0 aliphatic carbocycles. The summed E-state index contributed by atoms with van der Waals surface area (Å²) in [4.78, 5) is 31.0. The summed E-state index contributed by atoms with van der Waals surface area (Å²) in [5.74, 6) is -2.07. The van der Waals surface area contributed by atoms with Gasteiger partial charge in [0.2, 0.25) is 0 Å². The van der Waals surface area contributed by atoms with Gasteiger partial charge in [0.05, 0.1) is 5.56 Å². The number of anilines is 1. The number of nitrogens with zero attached hydrogens (tertiary/aromatic N) is 1. The van der Waals surface area contributed by atoms with Crippen LogP contribution in [-0.4, -0.2) is 28.5 Å². The second-order valence-corrected chi connectivity index (χ2v) is 6.73. The summed E-state index contributed by atoms with van der Waals surface area (Å²) in [6.45, 7) is 2.41. The van der Waals surface area contributed by atoms with Crippen LogP contribution in [-0.2, 0) is 15.7 Å². The first-order valence-corrected chi connectivity index (χ1v) is 9.02. The third kappa shape index (κ3) is 5.27. The molecule has 2 aromatic carbocycles. The predicted molar refractivity (Wildman–Crippen MR) is 104 cm³/mol. The molecule has 0 spiro atoms. The molecule has 1 amide bonds. The molecule has 0 atom stereocenters. The highest BCUT2D eigenvalue weighted by Crippen LogP contribution is 2.31. The van der Waals surface area contributed by atoms with Gasteiger partial charge in [-0.05, 0) is 43.7 Å². The molecule has 1 heterocycles. The largest absolute Gasteiger partial charge is 0.451 e. The number of imidazole rings is 1. The number of hydrogen-bond acceptors (Lipinski definition) is 4. The molecule has 31 heavy (non-hydrogen) atoms. The van der Waals surface area contributed by atoms with E-state index in [1.807, 2.05) is 0 Å². The summed E-state index contributed by atoms with van der Waals surface area (Å²) in [5.41, 5.74) is -0.00883. The number of carbonyl (C=O) groups excluding carboxylic acids is 2. The fourth-order valence-electron chi connectivity index (χ4n) is 2.71. The maximum atomic E-state index is 13.5. The van der Waals surface area contributed by atoms with E-state index in [1.165, 1.54) is 31.2 Å². The summed E-state index contributed by atoms with van der Waals surface area (Å²) in [6.07, 6.45) is -4.52. The number of nitrogens with one attached hydrogen (secondary N) is 2. The van der Waals surface area contributed by atoms with Gasteiger partial charge in [-0.15, -0.1) is 0 Å². The van der Waals surface area contributed by atoms with Crippen molar-refractivity contribution in [2.45, 2.75) is 20.0 Å². The fourth-order valence-corrected chi connectivity index (χ4v) is 2.71. The normalized spacial score (nSPS) is 11.3. The van der Waals surface area contributed by atoms with Crippen molar-refractivity contribution in [2.24, 2.45) is 0 Å². The van der Waals surface area contributed by atoms with Crippen LogP contribution in [0, 0.1) is 19.7 Å². The van der Waals surface area contributed by atoms with E-state index >= 15 is 0 Å². The van der Waals surface area contributed by atoms with Gasteiger partial charge in [0.15, 0.2) is 12.3 Å². The van der Waals surface area contributed by atoms with E-state index in [2.05, 4.69) is 15.3 Å². The van der Waals surface area contributed by atoms with Gasteiger partial charge in [-0.2, -0.15) is 13.2 Å². The lowest BCUT2D eigenvalue weighted by Crippen LogP contribution is -2.21. The lowest BCUT2D eigenvalue weighted by atomic mass is 10.1. The van der Waals surface area contributed by atoms with Crippen molar-refractivity contribution in [1.82, 2.24) is 9.97 Å². The number of hydrogen-bond donors (Lipinski definition) is 2. The summed E-state index contributed by atoms with van der Waals surface area (Å²) in [5, 5.41) is 2.39. The average molecular weight is 435 g/mol. The SMILES string of the molecule is Cc1ccc(NC(=O)COC(=O)c2nc(-c3cccc(C(F)(F)F)c3)[nH]c2C)cc1F. The van der Waals surface area contributed by atoms with Gasteiger partial charge >= 0.3 is 12.1 Å². The molecular formula is C21H17F4N3O3. The maximum absolute atomic E-state index is 13.5. The van der Waals surface area contributed by atoms with Crippen molar-refractivity contribution in [3.8, 4) is 11.4 Å². The Kier molecular flexibility index (Phi) is 6.09. The van der Waals surface area contributed by atoms with Gasteiger partial charge in [0, 0.05) is 16.9 Å². The maximum Gasteiger partial charge on any atom is 0.416 e. The van der Waals surface area contributed by atoms with Gasteiger partial charge in [0.1, 0.15) is 11.6 Å². The van der Waals surface area contributed by atoms with E-state index in [9.17, 15) is 27.2 Å². The summed E-state index contributed by atoms with van der Waals surface area (Å²) in [7, 11) is 0. The fraction of sp³-hybridized carbons (Fsp3) is 0.190. The van der Waals surface area contributed by atoms with Crippen molar-refractivity contribution >= 4 is 17.6 Å². The van der Waals surface area contributed by atoms with E-state index in [-0.39, 0.29) is 28.5 Å². The molecule has 10 heteroatoms. The third-order valence-corrected chi connectivity index (χ3v) is 4.33. The number of H-pyrrole nitrogens is 1. The number of carbonyl (C=O) groups is 2. The Morgan fingerprint density at radius 2 is 1.87 bits per heavy atom. The molecule has 3 rings (SSSR count). The number of benzene rings is 2. The number of esters is 1. The van der Waals surface area contributed by atoms with Crippen molar-refractivity contribution < 1.29 is 31.9 Å². The Bertz CT molecular complexity index is 1140. The van der Waals surface area contributed by atoms with Crippen LogP contribution < -0.4 is 5.32 Å². The minimum Gasteiger partial charge on any atom is -0.451 e. The van der Waals surface area contributed by atoms with Crippen molar-refractivity contribution in [3.63, 3.8) is 0 Å². The standard InChI is InChI=1S/C21H17F4N3O3/c1-11-6-7-15(9-16(11)22)27-17(29)10-31-20(30)18-12(2)26-19(28-18)13-4-3-5-14(8-13)21(23,24)25/h3-9H,10H2,1-2H3,(H,26,28)(H,27,29). The Morgan fingerprint density at radius 1 is 1.13 bits per heavy atom. The Balaban J connectivity index is 1.67. The number of aromatic amines is 1. The van der Waals surface area contributed by atoms with Crippen molar-refractivity contribution in [3.05, 3.63) is 70.8 Å². The second-order valence-electron chi connectivity index (χ2n) is 6.73. The Labute approximate surface area is 174 Å². The number of rotatable bonds is 5. The average Bonchev–Trinajstić information content (AvgIpc) is 3.10. The molecule has 0 bridgehead atoms. The topological polar surface area (TPSA) is 84.1 Å². The molecular weight excluding hydrogens is 418 g/mol. The highest BCUT2D eigenvalue weighted by Gasteiger charge is 2.30. The smallest absolute Gasteiger partial charge is 0.416 e. The van der Waals surface area contributed by atoms with Gasteiger partial charge in [0.25, 0.3) is 5.91 Å². The van der Waals surface area contributed by atoms with E-state index < -0.39 is 36.0 Å². The zero-order valence-electron chi connectivity index (χ0n) is 16.4. The quantitative estimate of drug-likeness (QED) is 0.452. The molecule has 0 aliphatic rings. The number of alkyl halides is 3. The second kappa shape index (κ2) is 8.58. The van der Waals surface area contributed by atoms with Crippen LogP contribution in [0.25, 0.3) is 11.4 Å². The van der Waals surface area contributed by atoms with E-state index in [4.69, 9.17) is 4.74 Å². The molecule has 162 valence electrons. The van der Waals surface area contributed by atoms with Crippen LogP contribution in [0.5, 0.6) is 0 Å². The van der Waals surface area contributed by atoms with Crippen molar-refractivity contribution in [2.75, 3.05) is 11.9 Å². The van der Waals surface area contributed by atoms with Gasteiger partial charge in [-0.3, -0.25) is 4.79 Å². The zero-order valence-corrected chi connectivity index (χ0v) is 16.4. The molecule has 0 unspecified atom stereocenters. The molecule has 0 aliphatic heterocycles. The summed E-state index contributed by atoms with van der Waals surface area (Å²) < 4.78 is 57.2. The molecule has 0 saturated heterocycles. The lowest BCUT2D eigenvalue weighted by molar-refractivity contribution is -0.137. The van der Waals surface area contributed by atoms with Crippen LogP contribution in [0.2, 0.25) is 0 Å². The molecule has 0 fully saturated rings. The number of halogens is 4. The summed E-state index contributed by atoms with van der Waals surface area (Å²) in [6, 6.07) is 8.59.